The van der Waals surface area contributed by atoms with Crippen molar-refractivity contribution in [1.82, 2.24) is 14.9 Å². The molecule has 1 unspecified atom stereocenters. The van der Waals surface area contributed by atoms with E-state index in [2.05, 4.69) is 51.9 Å². The first-order valence-corrected chi connectivity index (χ1v) is 7.29. The molecule has 3 nitrogen and oxygen atoms in total. The molecule has 1 fully saturated rings. The highest BCUT2D eigenvalue weighted by Crippen LogP contribution is 2.25. The number of imidazole rings is 1. The summed E-state index contributed by atoms with van der Waals surface area (Å²) in [5.74, 6) is 1.19. The normalized spacial score (nSPS) is 19.8. The number of nitrogens with one attached hydrogen (secondary N) is 1. The molecule has 2 aromatic rings. The fraction of sp³-hybridized carbons (Fsp3) is 0.500. The maximum absolute atomic E-state index is 4.79. The van der Waals surface area contributed by atoms with Gasteiger partial charge in [0.25, 0.3) is 0 Å². The maximum atomic E-state index is 4.79. The summed E-state index contributed by atoms with van der Waals surface area (Å²) < 4.78 is 3.35. The number of rotatable bonds is 2. The van der Waals surface area contributed by atoms with Gasteiger partial charge in [0.1, 0.15) is 5.82 Å². The third-order valence-electron chi connectivity index (χ3n) is 3.81. The number of hydrogen-bond acceptors (Lipinski definition) is 2. The molecule has 18 heavy (non-hydrogen) atoms. The van der Waals surface area contributed by atoms with Crippen LogP contribution in [0.4, 0.5) is 0 Å². The molecule has 1 atom stereocenters. The van der Waals surface area contributed by atoms with Crippen LogP contribution in [-0.4, -0.2) is 22.1 Å². The molecule has 1 aliphatic heterocycles. The van der Waals surface area contributed by atoms with Crippen LogP contribution in [0.1, 0.15) is 24.2 Å². The van der Waals surface area contributed by atoms with E-state index >= 15 is 0 Å². The summed E-state index contributed by atoms with van der Waals surface area (Å²) in [6.45, 7) is 3.30. The summed E-state index contributed by atoms with van der Waals surface area (Å²) in [7, 11) is 2.13. The Labute approximate surface area is 116 Å². The Kier molecular flexibility index (Phi) is 3.16. The number of halogens is 1. The SMILES string of the molecule is Cc1cc(Br)cc2nc(CC3CCCN3)n(C)c12. The highest BCUT2D eigenvalue weighted by atomic mass is 79.9. The smallest absolute Gasteiger partial charge is 0.111 e. The number of hydrogen-bond donors (Lipinski definition) is 1. The van der Waals surface area contributed by atoms with Crippen molar-refractivity contribution in [3.05, 3.63) is 28.0 Å². The van der Waals surface area contributed by atoms with Gasteiger partial charge in [-0.25, -0.2) is 4.98 Å². The van der Waals surface area contributed by atoms with Crippen molar-refractivity contribution < 1.29 is 0 Å². The third kappa shape index (κ3) is 2.08. The molecular formula is C14H18BrN3. The number of aryl methyl sites for hydroxylation is 2. The van der Waals surface area contributed by atoms with Gasteiger partial charge in [-0.15, -0.1) is 0 Å². The first-order chi connectivity index (χ1) is 8.65. The Hall–Kier alpha value is -0.870. The average Bonchev–Trinajstić information content (AvgIpc) is 2.88. The van der Waals surface area contributed by atoms with Gasteiger partial charge >= 0.3 is 0 Å². The van der Waals surface area contributed by atoms with Crippen LogP contribution in [0.5, 0.6) is 0 Å². The average molecular weight is 308 g/mol. The van der Waals surface area contributed by atoms with Crippen LogP contribution in [0.2, 0.25) is 0 Å². The topological polar surface area (TPSA) is 29.9 Å². The second-order valence-electron chi connectivity index (χ2n) is 5.17. The molecule has 0 spiro atoms. The van der Waals surface area contributed by atoms with Crippen molar-refractivity contribution in [1.29, 1.82) is 0 Å². The Morgan fingerprint density at radius 1 is 1.50 bits per heavy atom. The Bertz CT molecular complexity index is 582. The predicted molar refractivity (Wildman–Crippen MR) is 77.9 cm³/mol. The van der Waals surface area contributed by atoms with Crippen molar-refractivity contribution in [2.24, 2.45) is 7.05 Å². The lowest BCUT2D eigenvalue weighted by Crippen LogP contribution is -2.25. The van der Waals surface area contributed by atoms with E-state index in [4.69, 9.17) is 4.98 Å². The van der Waals surface area contributed by atoms with Crippen LogP contribution in [0.15, 0.2) is 16.6 Å². The molecular weight excluding hydrogens is 290 g/mol. The van der Waals surface area contributed by atoms with Gasteiger partial charge in [-0.05, 0) is 44.0 Å². The fourth-order valence-corrected chi connectivity index (χ4v) is 3.48. The predicted octanol–water partition coefficient (Wildman–Crippen LogP) is 2.94. The molecule has 1 aromatic heterocycles. The second-order valence-corrected chi connectivity index (χ2v) is 6.09. The van der Waals surface area contributed by atoms with Crippen LogP contribution in [-0.2, 0) is 13.5 Å². The van der Waals surface area contributed by atoms with Crippen LogP contribution >= 0.6 is 15.9 Å². The van der Waals surface area contributed by atoms with E-state index < -0.39 is 0 Å². The van der Waals surface area contributed by atoms with E-state index in [1.54, 1.807) is 0 Å². The van der Waals surface area contributed by atoms with Crippen LogP contribution in [0.3, 0.4) is 0 Å². The van der Waals surface area contributed by atoms with Gasteiger partial charge in [0.2, 0.25) is 0 Å². The number of benzene rings is 1. The molecule has 96 valence electrons. The fourth-order valence-electron chi connectivity index (χ4n) is 2.92. The van der Waals surface area contributed by atoms with E-state index in [9.17, 15) is 0 Å². The van der Waals surface area contributed by atoms with Gasteiger partial charge in [0.15, 0.2) is 0 Å². The first kappa shape index (κ1) is 12.2. The molecule has 0 radical (unpaired) electrons. The molecule has 1 aromatic carbocycles. The van der Waals surface area contributed by atoms with Crippen LogP contribution in [0, 0.1) is 6.92 Å². The van der Waals surface area contributed by atoms with E-state index in [1.165, 1.54) is 29.7 Å². The lowest BCUT2D eigenvalue weighted by Gasteiger charge is -2.09. The van der Waals surface area contributed by atoms with Gasteiger partial charge in [-0.1, -0.05) is 15.9 Å². The summed E-state index contributed by atoms with van der Waals surface area (Å²) in [4.78, 5) is 4.79. The van der Waals surface area contributed by atoms with E-state index in [1.807, 2.05) is 0 Å². The Morgan fingerprint density at radius 3 is 3.06 bits per heavy atom. The summed E-state index contributed by atoms with van der Waals surface area (Å²) in [6.07, 6.45) is 3.59. The minimum atomic E-state index is 0.601. The zero-order valence-electron chi connectivity index (χ0n) is 10.8. The van der Waals surface area contributed by atoms with E-state index in [-0.39, 0.29) is 0 Å². The van der Waals surface area contributed by atoms with Crippen molar-refractivity contribution in [2.75, 3.05) is 6.54 Å². The quantitative estimate of drug-likeness (QED) is 0.924. The molecule has 1 saturated heterocycles. The molecule has 3 rings (SSSR count). The molecule has 4 heteroatoms. The van der Waals surface area contributed by atoms with Crippen molar-refractivity contribution >= 4 is 27.0 Å². The lowest BCUT2D eigenvalue weighted by atomic mass is 10.1. The Morgan fingerprint density at radius 2 is 2.33 bits per heavy atom. The second kappa shape index (κ2) is 4.67. The summed E-state index contributed by atoms with van der Waals surface area (Å²) in [5, 5.41) is 3.54. The van der Waals surface area contributed by atoms with Crippen LogP contribution in [0.25, 0.3) is 11.0 Å². The van der Waals surface area contributed by atoms with Gasteiger partial charge < -0.3 is 9.88 Å². The highest BCUT2D eigenvalue weighted by molar-refractivity contribution is 9.10. The highest BCUT2D eigenvalue weighted by Gasteiger charge is 2.18. The molecule has 1 aliphatic rings. The number of fused-ring (bicyclic) bond motifs is 1. The van der Waals surface area contributed by atoms with Gasteiger partial charge in [0, 0.05) is 24.0 Å². The van der Waals surface area contributed by atoms with E-state index in [0.29, 0.717) is 6.04 Å². The summed E-state index contributed by atoms with van der Waals surface area (Å²) in [5.41, 5.74) is 3.63. The molecule has 0 aliphatic carbocycles. The van der Waals surface area contributed by atoms with Crippen LogP contribution < -0.4 is 5.32 Å². The largest absolute Gasteiger partial charge is 0.331 e. The molecule has 0 bridgehead atoms. The Balaban J connectivity index is 2.02. The van der Waals surface area contributed by atoms with Crippen molar-refractivity contribution in [2.45, 2.75) is 32.2 Å². The van der Waals surface area contributed by atoms with Gasteiger partial charge in [-0.2, -0.15) is 0 Å². The molecule has 1 N–H and O–H groups in total. The summed E-state index contributed by atoms with van der Waals surface area (Å²) in [6, 6.07) is 4.86. The minimum absolute atomic E-state index is 0.601. The maximum Gasteiger partial charge on any atom is 0.111 e. The van der Waals surface area contributed by atoms with E-state index in [0.717, 1.165) is 23.0 Å². The standard InChI is InChI=1S/C14H18BrN3/c1-9-6-10(15)7-12-14(9)18(2)13(17-12)8-11-4-3-5-16-11/h6-7,11,16H,3-5,8H2,1-2H3. The number of aromatic nitrogens is 2. The molecule has 0 saturated carbocycles. The monoisotopic (exact) mass is 307 g/mol. The lowest BCUT2D eigenvalue weighted by molar-refractivity contribution is 0.575. The summed E-state index contributed by atoms with van der Waals surface area (Å²) >= 11 is 3.54. The molecule has 2 heterocycles. The van der Waals surface area contributed by atoms with Crippen molar-refractivity contribution in [3.8, 4) is 0 Å². The minimum Gasteiger partial charge on any atom is -0.331 e. The molecule has 0 amide bonds. The van der Waals surface area contributed by atoms with Gasteiger partial charge in [-0.3, -0.25) is 0 Å². The zero-order chi connectivity index (χ0) is 12.7. The first-order valence-electron chi connectivity index (χ1n) is 6.50. The third-order valence-corrected chi connectivity index (χ3v) is 4.27. The van der Waals surface area contributed by atoms with Crippen molar-refractivity contribution in [3.63, 3.8) is 0 Å². The number of nitrogens with zero attached hydrogens (tertiary/aromatic N) is 2. The zero-order valence-corrected chi connectivity index (χ0v) is 12.4. The van der Waals surface area contributed by atoms with Gasteiger partial charge in [0.05, 0.1) is 11.0 Å².